The lowest BCUT2D eigenvalue weighted by atomic mass is 9.88. The molecule has 0 aliphatic heterocycles. The van der Waals surface area contributed by atoms with Crippen LogP contribution in [0.1, 0.15) is 28.4 Å². The van der Waals surface area contributed by atoms with Gasteiger partial charge in [0, 0.05) is 17.5 Å². The van der Waals surface area contributed by atoms with Crippen LogP contribution in [0.25, 0.3) is 6.08 Å². The molecule has 1 aromatic carbocycles. The molecule has 2 rings (SSSR count). The standard InChI is InChI=1S/C17H18O7/c1-7(2)10(18)5-9-13(19)12-8(14(20)17(9)24-4)6-11(23-3)15(21)16(12)22/h6,10,18-20H,1,5H2,2-4H3/t10-/m0/s1. The fourth-order valence-corrected chi connectivity index (χ4v) is 2.49. The SMILES string of the molecule is C=C(C)[C@@H](O)Cc1c(O)c2c(c(O)c1OC)C=C(OC)C(=O)C2=O. The van der Waals surface area contributed by atoms with Crippen LogP contribution >= 0.6 is 0 Å². The van der Waals surface area contributed by atoms with Gasteiger partial charge in [0.15, 0.2) is 17.3 Å². The largest absolute Gasteiger partial charge is 0.507 e. The second-order valence-electron chi connectivity index (χ2n) is 5.43. The molecule has 1 aromatic rings. The van der Waals surface area contributed by atoms with E-state index in [1.807, 2.05) is 0 Å². The molecule has 0 bridgehead atoms. The maximum absolute atomic E-state index is 12.3. The third-order valence-corrected chi connectivity index (χ3v) is 3.86. The minimum Gasteiger partial charge on any atom is -0.507 e. The summed E-state index contributed by atoms with van der Waals surface area (Å²) in [7, 11) is 2.49. The van der Waals surface area contributed by atoms with E-state index in [9.17, 15) is 24.9 Å². The van der Waals surface area contributed by atoms with Gasteiger partial charge in [-0.25, -0.2) is 0 Å². The number of fused-ring (bicyclic) bond motifs is 1. The van der Waals surface area contributed by atoms with Crippen LogP contribution in [0.5, 0.6) is 17.2 Å². The van der Waals surface area contributed by atoms with E-state index in [-0.39, 0.29) is 34.6 Å². The third-order valence-electron chi connectivity index (χ3n) is 3.86. The van der Waals surface area contributed by atoms with Gasteiger partial charge in [-0.15, -0.1) is 0 Å². The first-order valence-electron chi connectivity index (χ1n) is 7.07. The molecule has 24 heavy (non-hydrogen) atoms. The number of ether oxygens (including phenoxy) is 2. The second-order valence-corrected chi connectivity index (χ2v) is 5.43. The molecule has 0 amide bonds. The molecular weight excluding hydrogens is 316 g/mol. The lowest BCUT2D eigenvalue weighted by molar-refractivity contribution is -0.114. The van der Waals surface area contributed by atoms with Crippen LogP contribution in [0.15, 0.2) is 17.9 Å². The van der Waals surface area contributed by atoms with E-state index in [0.29, 0.717) is 5.57 Å². The Hall–Kier alpha value is -2.80. The van der Waals surface area contributed by atoms with E-state index in [1.54, 1.807) is 6.92 Å². The summed E-state index contributed by atoms with van der Waals surface area (Å²) in [6, 6.07) is 0. The van der Waals surface area contributed by atoms with Crippen LogP contribution in [0, 0.1) is 0 Å². The lowest BCUT2D eigenvalue weighted by Crippen LogP contribution is -2.23. The van der Waals surface area contributed by atoms with Gasteiger partial charge in [-0.05, 0) is 13.0 Å². The Labute approximate surface area is 138 Å². The summed E-state index contributed by atoms with van der Waals surface area (Å²) in [4.78, 5) is 24.2. The molecule has 3 N–H and O–H groups in total. The number of aliphatic hydroxyl groups excluding tert-OH is 1. The van der Waals surface area contributed by atoms with Gasteiger partial charge in [-0.1, -0.05) is 12.2 Å². The van der Waals surface area contributed by atoms with Crippen LogP contribution in [-0.2, 0) is 16.0 Å². The quantitative estimate of drug-likeness (QED) is 0.423. The van der Waals surface area contributed by atoms with Crippen molar-refractivity contribution in [3.05, 3.63) is 34.6 Å². The average molecular weight is 334 g/mol. The summed E-state index contributed by atoms with van der Waals surface area (Å²) in [5.74, 6) is -3.24. The average Bonchev–Trinajstić information content (AvgIpc) is 2.54. The van der Waals surface area contributed by atoms with E-state index in [2.05, 4.69) is 6.58 Å². The van der Waals surface area contributed by atoms with Crippen LogP contribution in [0.4, 0.5) is 0 Å². The normalized spacial score (nSPS) is 14.8. The van der Waals surface area contributed by atoms with Gasteiger partial charge in [0.25, 0.3) is 5.78 Å². The minimum absolute atomic E-state index is 0.0136. The Balaban J connectivity index is 2.77. The van der Waals surface area contributed by atoms with Gasteiger partial charge in [-0.2, -0.15) is 0 Å². The molecule has 128 valence electrons. The fourth-order valence-electron chi connectivity index (χ4n) is 2.49. The smallest absolute Gasteiger partial charge is 0.268 e. The van der Waals surface area contributed by atoms with Gasteiger partial charge in [0.1, 0.15) is 5.75 Å². The molecule has 1 atom stereocenters. The Bertz CT molecular complexity index is 774. The molecule has 1 aliphatic rings. The first-order chi connectivity index (χ1) is 11.2. The number of phenols is 2. The predicted molar refractivity (Wildman–Crippen MR) is 85.2 cm³/mol. The topological polar surface area (TPSA) is 113 Å². The second kappa shape index (κ2) is 6.37. The van der Waals surface area contributed by atoms with Gasteiger partial charge in [0.05, 0.1) is 25.9 Å². The highest BCUT2D eigenvalue weighted by molar-refractivity contribution is 6.52. The number of carbonyl (C=O) groups is 2. The summed E-state index contributed by atoms with van der Waals surface area (Å²) in [5.41, 5.74) is 0.0275. The number of aromatic hydroxyl groups is 2. The van der Waals surface area contributed by atoms with E-state index < -0.39 is 29.2 Å². The Morgan fingerprint density at radius 3 is 2.29 bits per heavy atom. The minimum atomic E-state index is -1.03. The fraction of sp³-hybridized carbons (Fsp3) is 0.294. The molecule has 7 heteroatoms. The zero-order chi connectivity index (χ0) is 18.2. The van der Waals surface area contributed by atoms with Crippen molar-refractivity contribution in [3.8, 4) is 17.2 Å². The van der Waals surface area contributed by atoms with Crippen molar-refractivity contribution >= 4 is 17.6 Å². The number of Topliss-reactive ketones (excluding diaryl/α,β-unsaturated/α-hetero) is 2. The molecule has 0 radical (unpaired) electrons. The molecule has 0 heterocycles. The van der Waals surface area contributed by atoms with Gasteiger partial charge in [0.2, 0.25) is 5.78 Å². The van der Waals surface area contributed by atoms with Crippen LogP contribution < -0.4 is 4.74 Å². The zero-order valence-corrected chi connectivity index (χ0v) is 13.5. The number of benzene rings is 1. The van der Waals surface area contributed by atoms with Crippen LogP contribution in [-0.4, -0.2) is 47.2 Å². The van der Waals surface area contributed by atoms with Crippen molar-refractivity contribution in [1.82, 2.24) is 0 Å². The summed E-state index contributed by atoms with van der Waals surface area (Å²) in [6.07, 6.45) is -0.00922. The number of rotatable bonds is 5. The summed E-state index contributed by atoms with van der Waals surface area (Å²) in [5, 5.41) is 30.9. The van der Waals surface area contributed by atoms with Crippen LogP contribution in [0.3, 0.4) is 0 Å². The highest BCUT2D eigenvalue weighted by Crippen LogP contribution is 2.46. The summed E-state index contributed by atoms with van der Waals surface area (Å²) >= 11 is 0. The number of carbonyl (C=O) groups excluding carboxylic acids is 2. The summed E-state index contributed by atoms with van der Waals surface area (Å²) in [6.45, 7) is 5.20. The number of phenolic OH excluding ortho intramolecular Hbond substituents is 2. The number of allylic oxidation sites excluding steroid dienone is 1. The lowest BCUT2D eigenvalue weighted by Gasteiger charge is -2.22. The van der Waals surface area contributed by atoms with Crippen molar-refractivity contribution in [3.63, 3.8) is 0 Å². The number of aliphatic hydroxyl groups is 1. The predicted octanol–water partition coefficient (Wildman–Crippen LogP) is 1.34. The Kier molecular flexibility index (Phi) is 4.66. The molecule has 7 nitrogen and oxygen atoms in total. The van der Waals surface area contributed by atoms with E-state index >= 15 is 0 Å². The maximum Gasteiger partial charge on any atom is 0.268 e. The third kappa shape index (κ3) is 2.63. The van der Waals surface area contributed by atoms with E-state index in [4.69, 9.17) is 9.47 Å². The van der Waals surface area contributed by atoms with Crippen molar-refractivity contribution in [2.75, 3.05) is 14.2 Å². The molecule has 0 unspecified atom stereocenters. The zero-order valence-electron chi connectivity index (χ0n) is 13.5. The molecular formula is C17H18O7. The number of hydrogen-bond acceptors (Lipinski definition) is 7. The highest BCUT2D eigenvalue weighted by Gasteiger charge is 2.36. The van der Waals surface area contributed by atoms with E-state index in [0.717, 1.165) is 6.08 Å². The number of hydrogen-bond donors (Lipinski definition) is 3. The molecule has 0 fully saturated rings. The van der Waals surface area contributed by atoms with Crippen molar-refractivity contribution in [2.24, 2.45) is 0 Å². The van der Waals surface area contributed by atoms with E-state index in [1.165, 1.54) is 14.2 Å². The first-order valence-corrected chi connectivity index (χ1v) is 7.07. The molecule has 0 saturated heterocycles. The molecule has 0 saturated carbocycles. The summed E-state index contributed by atoms with van der Waals surface area (Å²) < 4.78 is 9.95. The van der Waals surface area contributed by atoms with Crippen LogP contribution in [0.2, 0.25) is 0 Å². The number of ketones is 2. The number of methoxy groups -OCH3 is 2. The molecule has 1 aliphatic carbocycles. The van der Waals surface area contributed by atoms with Gasteiger partial charge < -0.3 is 24.8 Å². The Morgan fingerprint density at radius 1 is 1.17 bits per heavy atom. The highest BCUT2D eigenvalue weighted by atomic mass is 16.5. The molecule has 0 aromatic heterocycles. The van der Waals surface area contributed by atoms with Crippen molar-refractivity contribution in [1.29, 1.82) is 0 Å². The Morgan fingerprint density at radius 2 is 1.79 bits per heavy atom. The van der Waals surface area contributed by atoms with Crippen molar-refractivity contribution in [2.45, 2.75) is 19.4 Å². The monoisotopic (exact) mass is 334 g/mol. The van der Waals surface area contributed by atoms with Gasteiger partial charge >= 0.3 is 0 Å². The van der Waals surface area contributed by atoms with Crippen molar-refractivity contribution < 1.29 is 34.4 Å². The van der Waals surface area contributed by atoms with Gasteiger partial charge in [-0.3, -0.25) is 9.59 Å². The maximum atomic E-state index is 12.3. The molecule has 0 spiro atoms. The first kappa shape index (κ1) is 17.6.